The molecule has 5 nitrogen and oxygen atoms in total. The Balaban J connectivity index is 1.92. The number of hydrogen-bond donors (Lipinski definition) is 2. The van der Waals surface area contributed by atoms with Gasteiger partial charge >= 0.3 is 5.97 Å². The van der Waals surface area contributed by atoms with Crippen LogP contribution in [0.4, 0.5) is 11.5 Å². The van der Waals surface area contributed by atoms with E-state index in [9.17, 15) is 4.79 Å². The lowest BCUT2D eigenvalue weighted by molar-refractivity contribution is 0.0697. The number of hydrogen-bond acceptors (Lipinski definition) is 4. The first kappa shape index (κ1) is 13.1. The fourth-order valence-electron chi connectivity index (χ4n) is 2.34. The second-order valence-electron chi connectivity index (χ2n) is 4.63. The maximum absolute atomic E-state index is 10.9. The Labute approximate surface area is 124 Å². The van der Waals surface area contributed by atoms with E-state index < -0.39 is 5.97 Å². The topological polar surface area (TPSA) is 75.1 Å². The molecule has 6 heteroatoms. The minimum atomic E-state index is -0.944. The summed E-state index contributed by atoms with van der Waals surface area (Å²) in [5.41, 5.74) is 3.29. The van der Waals surface area contributed by atoms with E-state index in [2.05, 4.69) is 31.2 Å². The summed E-state index contributed by atoms with van der Waals surface area (Å²) in [5, 5.41) is 12.2. The van der Waals surface area contributed by atoms with Gasteiger partial charge in [-0.3, -0.25) is 0 Å². The number of benzene rings is 1. The molecule has 0 bridgehead atoms. The number of rotatable bonds is 3. The van der Waals surface area contributed by atoms with Gasteiger partial charge in [0.25, 0.3) is 0 Å². The van der Waals surface area contributed by atoms with Gasteiger partial charge in [-0.05, 0) is 53.4 Å². The minimum absolute atomic E-state index is 0.246. The molecule has 0 saturated heterocycles. The van der Waals surface area contributed by atoms with Crippen molar-refractivity contribution in [2.45, 2.75) is 19.3 Å². The molecule has 0 fully saturated rings. The number of halogens is 1. The highest BCUT2D eigenvalue weighted by molar-refractivity contribution is 9.10. The lowest BCUT2D eigenvalue weighted by Gasteiger charge is -2.11. The van der Waals surface area contributed by atoms with Crippen LogP contribution in [0.1, 0.15) is 28.0 Å². The lowest BCUT2D eigenvalue weighted by Crippen LogP contribution is -2.02. The number of aryl methyl sites for hydroxylation is 1. The summed E-state index contributed by atoms with van der Waals surface area (Å²) in [6.45, 7) is 0. The first-order chi connectivity index (χ1) is 9.65. The maximum atomic E-state index is 10.9. The zero-order chi connectivity index (χ0) is 14.1. The van der Waals surface area contributed by atoms with Crippen molar-refractivity contribution in [2.24, 2.45) is 0 Å². The van der Waals surface area contributed by atoms with Crippen LogP contribution >= 0.6 is 15.9 Å². The van der Waals surface area contributed by atoms with Crippen LogP contribution in [-0.2, 0) is 12.8 Å². The molecule has 0 unspecified atom stereocenters. The molecule has 20 heavy (non-hydrogen) atoms. The van der Waals surface area contributed by atoms with Gasteiger partial charge in [-0.1, -0.05) is 0 Å². The monoisotopic (exact) mass is 333 g/mol. The summed E-state index contributed by atoms with van der Waals surface area (Å²) >= 11 is 3.38. The largest absolute Gasteiger partial charge is 0.478 e. The van der Waals surface area contributed by atoms with Crippen LogP contribution in [0.25, 0.3) is 0 Å². The van der Waals surface area contributed by atoms with E-state index in [-0.39, 0.29) is 5.56 Å². The van der Waals surface area contributed by atoms with E-state index in [4.69, 9.17) is 5.11 Å². The molecule has 1 aliphatic rings. The van der Waals surface area contributed by atoms with Crippen molar-refractivity contribution in [1.82, 2.24) is 9.97 Å². The average Bonchev–Trinajstić information content (AvgIpc) is 2.90. The highest BCUT2D eigenvalue weighted by Gasteiger charge is 2.17. The van der Waals surface area contributed by atoms with E-state index >= 15 is 0 Å². The molecule has 1 aromatic heterocycles. The molecular weight excluding hydrogens is 322 g/mol. The quantitative estimate of drug-likeness (QED) is 0.902. The number of fused-ring (bicyclic) bond motifs is 1. The molecule has 0 spiro atoms. The van der Waals surface area contributed by atoms with Crippen molar-refractivity contribution in [1.29, 1.82) is 0 Å². The highest BCUT2D eigenvalue weighted by atomic mass is 79.9. The van der Waals surface area contributed by atoms with Gasteiger partial charge in [-0.2, -0.15) is 0 Å². The van der Waals surface area contributed by atoms with Gasteiger partial charge in [0.05, 0.1) is 11.3 Å². The summed E-state index contributed by atoms with van der Waals surface area (Å²) < 4.78 is 0.697. The van der Waals surface area contributed by atoms with Crippen molar-refractivity contribution in [2.75, 3.05) is 5.32 Å². The second-order valence-corrected chi connectivity index (χ2v) is 5.48. The Bertz CT molecular complexity index is 688. The molecule has 0 aliphatic heterocycles. The number of carboxylic acid groups (broad SMARTS) is 1. The first-order valence-electron chi connectivity index (χ1n) is 6.28. The molecule has 0 amide bonds. The second kappa shape index (κ2) is 5.20. The van der Waals surface area contributed by atoms with E-state index in [1.54, 1.807) is 24.5 Å². The first-order valence-corrected chi connectivity index (χ1v) is 7.07. The third-order valence-electron chi connectivity index (χ3n) is 3.34. The fraction of sp³-hybridized carbons (Fsp3) is 0.214. The van der Waals surface area contributed by atoms with E-state index in [0.717, 1.165) is 42.0 Å². The van der Waals surface area contributed by atoms with Crippen LogP contribution in [0.5, 0.6) is 0 Å². The summed E-state index contributed by atoms with van der Waals surface area (Å²) in [7, 11) is 0. The van der Waals surface area contributed by atoms with E-state index in [0.29, 0.717) is 4.47 Å². The number of carbonyl (C=O) groups is 1. The van der Waals surface area contributed by atoms with Crippen LogP contribution in [0, 0.1) is 0 Å². The van der Waals surface area contributed by atoms with Crippen molar-refractivity contribution in [3.8, 4) is 0 Å². The van der Waals surface area contributed by atoms with Gasteiger partial charge in [-0.15, -0.1) is 0 Å². The van der Waals surface area contributed by atoms with Crippen LogP contribution < -0.4 is 5.32 Å². The third-order valence-corrected chi connectivity index (χ3v) is 4.00. The Hall–Kier alpha value is -1.95. The number of nitrogens with zero attached hydrogens (tertiary/aromatic N) is 2. The standard InChI is InChI=1S/C14H12BrN3O2/c15-10-6-8(14(19)20)4-5-12(10)18-13-9-2-1-3-11(9)16-7-17-13/h4-7H,1-3H2,(H,19,20)(H,16,17,18). The Kier molecular flexibility index (Phi) is 3.40. The Morgan fingerprint density at radius 3 is 2.90 bits per heavy atom. The van der Waals surface area contributed by atoms with Crippen molar-refractivity contribution in [3.63, 3.8) is 0 Å². The van der Waals surface area contributed by atoms with Crippen LogP contribution in [0.2, 0.25) is 0 Å². The molecule has 1 heterocycles. The van der Waals surface area contributed by atoms with Gasteiger partial charge in [-0.25, -0.2) is 14.8 Å². The molecule has 2 aromatic rings. The minimum Gasteiger partial charge on any atom is -0.478 e. The SMILES string of the molecule is O=C(O)c1ccc(Nc2ncnc3c2CCC3)c(Br)c1. The van der Waals surface area contributed by atoms with Crippen LogP contribution in [-0.4, -0.2) is 21.0 Å². The summed E-state index contributed by atoms with van der Waals surface area (Å²) in [4.78, 5) is 19.5. The van der Waals surface area contributed by atoms with E-state index in [1.807, 2.05) is 0 Å². The van der Waals surface area contributed by atoms with Gasteiger partial charge in [0, 0.05) is 15.7 Å². The molecular formula is C14H12BrN3O2. The number of aromatic carboxylic acids is 1. The molecule has 0 radical (unpaired) electrons. The van der Waals surface area contributed by atoms with Gasteiger partial charge in [0.1, 0.15) is 12.1 Å². The summed E-state index contributed by atoms with van der Waals surface area (Å²) in [6.07, 6.45) is 4.63. The predicted octanol–water partition coefficient (Wildman–Crippen LogP) is 3.17. The summed E-state index contributed by atoms with van der Waals surface area (Å²) in [5.74, 6) is -0.142. The molecule has 1 aromatic carbocycles. The lowest BCUT2D eigenvalue weighted by atomic mass is 10.2. The van der Waals surface area contributed by atoms with Gasteiger partial charge in [0.2, 0.25) is 0 Å². The Morgan fingerprint density at radius 2 is 2.15 bits per heavy atom. The normalized spacial score (nSPS) is 13.1. The number of carboxylic acids is 1. The average molecular weight is 334 g/mol. The maximum Gasteiger partial charge on any atom is 0.335 e. The van der Waals surface area contributed by atoms with Crippen molar-refractivity contribution in [3.05, 3.63) is 45.8 Å². The summed E-state index contributed by atoms with van der Waals surface area (Å²) in [6, 6.07) is 4.87. The number of nitrogens with one attached hydrogen (secondary N) is 1. The van der Waals surface area contributed by atoms with Gasteiger partial charge in [0.15, 0.2) is 0 Å². The van der Waals surface area contributed by atoms with Crippen LogP contribution in [0.3, 0.4) is 0 Å². The molecule has 2 N–H and O–H groups in total. The van der Waals surface area contributed by atoms with Crippen molar-refractivity contribution >= 4 is 33.4 Å². The molecule has 0 atom stereocenters. The highest BCUT2D eigenvalue weighted by Crippen LogP contribution is 2.31. The molecule has 0 saturated carbocycles. The zero-order valence-electron chi connectivity index (χ0n) is 10.6. The van der Waals surface area contributed by atoms with Crippen LogP contribution in [0.15, 0.2) is 29.0 Å². The number of anilines is 2. The fourth-order valence-corrected chi connectivity index (χ4v) is 2.82. The molecule has 3 rings (SSSR count). The Morgan fingerprint density at radius 1 is 1.30 bits per heavy atom. The molecule has 102 valence electrons. The smallest absolute Gasteiger partial charge is 0.335 e. The third kappa shape index (κ3) is 2.38. The number of aromatic nitrogens is 2. The molecule has 1 aliphatic carbocycles. The van der Waals surface area contributed by atoms with Crippen molar-refractivity contribution < 1.29 is 9.90 Å². The van der Waals surface area contributed by atoms with Gasteiger partial charge < -0.3 is 10.4 Å². The van der Waals surface area contributed by atoms with E-state index in [1.165, 1.54) is 0 Å². The zero-order valence-corrected chi connectivity index (χ0v) is 12.1. The predicted molar refractivity (Wildman–Crippen MR) is 78.4 cm³/mol.